The van der Waals surface area contributed by atoms with Crippen LogP contribution in [-0.2, 0) is 9.53 Å². The number of halogens is 1. The number of nitrogens with one attached hydrogen (secondary N) is 1. The molecule has 1 heterocycles. The molecule has 1 amide bonds. The molecular weight excluding hydrogens is 292 g/mol. The first-order valence-corrected chi connectivity index (χ1v) is 7.10. The summed E-state index contributed by atoms with van der Waals surface area (Å²) in [6, 6.07) is 6.93. The average molecular weight is 315 g/mol. The van der Waals surface area contributed by atoms with Gasteiger partial charge in [0.1, 0.15) is 11.9 Å². The Morgan fingerprint density at radius 2 is 2.29 bits per heavy atom. The van der Waals surface area contributed by atoms with Crippen LogP contribution < -0.4 is 15.8 Å². The first-order valence-electron chi connectivity index (χ1n) is 7.10. The number of hydrogen-bond acceptors (Lipinski definition) is 4. The third-order valence-electron chi connectivity index (χ3n) is 3.26. The number of benzene rings is 1. The maximum absolute atomic E-state index is 12.0. The first-order chi connectivity index (χ1) is 9.70. The standard InChI is InChI=1S/C15H22N2O3.ClH/c1-2-5-12(16)15(18)17-13-6-3-4-7-14(13)20-11-8-9-19-10-11;/h3-4,6-7,11-12H,2,5,8-10,16H2,1H3,(H,17,18);1H. The lowest BCUT2D eigenvalue weighted by atomic mass is 10.1. The largest absolute Gasteiger partial charge is 0.486 e. The third kappa shape index (κ3) is 5.19. The lowest BCUT2D eigenvalue weighted by Gasteiger charge is -2.17. The molecule has 0 spiro atoms. The van der Waals surface area contributed by atoms with Crippen molar-refractivity contribution in [2.75, 3.05) is 18.5 Å². The monoisotopic (exact) mass is 314 g/mol. The zero-order valence-electron chi connectivity index (χ0n) is 12.2. The number of carbonyl (C=O) groups excluding carboxylic acids is 1. The Kier molecular flexibility index (Phi) is 7.50. The minimum Gasteiger partial charge on any atom is -0.486 e. The number of ether oxygens (including phenoxy) is 2. The molecule has 1 aromatic rings. The van der Waals surface area contributed by atoms with Gasteiger partial charge in [0, 0.05) is 6.42 Å². The fourth-order valence-electron chi connectivity index (χ4n) is 2.13. The van der Waals surface area contributed by atoms with Crippen LogP contribution in [0.5, 0.6) is 5.75 Å². The third-order valence-corrected chi connectivity index (χ3v) is 3.26. The maximum atomic E-state index is 12.0. The molecule has 0 bridgehead atoms. The van der Waals surface area contributed by atoms with Crippen molar-refractivity contribution in [1.82, 2.24) is 0 Å². The van der Waals surface area contributed by atoms with Crippen molar-refractivity contribution < 1.29 is 14.3 Å². The summed E-state index contributed by atoms with van der Waals surface area (Å²) in [7, 11) is 0. The van der Waals surface area contributed by atoms with Gasteiger partial charge in [-0.05, 0) is 18.6 Å². The van der Waals surface area contributed by atoms with Crippen LogP contribution in [0, 0.1) is 0 Å². The van der Waals surface area contributed by atoms with E-state index in [0.717, 1.165) is 19.4 Å². The molecule has 1 aliphatic rings. The van der Waals surface area contributed by atoms with E-state index in [0.29, 0.717) is 24.5 Å². The number of hydrogen-bond donors (Lipinski definition) is 2. The number of rotatable bonds is 6. The molecule has 2 atom stereocenters. The Bertz CT molecular complexity index is 450. The van der Waals surface area contributed by atoms with Crippen LogP contribution in [0.4, 0.5) is 5.69 Å². The van der Waals surface area contributed by atoms with E-state index in [9.17, 15) is 4.79 Å². The summed E-state index contributed by atoms with van der Waals surface area (Å²) in [6.07, 6.45) is 2.48. The van der Waals surface area contributed by atoms with E-state index in [-0.39, 0.29) is 24.4 Å². The van der Waals surface area contributed by atoms with Crippen LogP contribution in [-0.4, -0.2) is 31.3 Å². The summed E-state index contributed by atoms with van der Waals surface area (Å²) >= 11 is 0. The van der Waals surface area contributed by atoms with Crippen molar-refractivity contribution in [3.05, 3.63) is 24.3 Å². The van der Waals surface area contributed by atoms with E-state index in [1.165, 1.54) is 0 Å². The predicted octanol–water partition coefficient (Wildman–Crippen LogP) is 2.34. The summed E-state index contributed by atoms with van der Waals surface area (Å²) < 4.78 is 11.2. The molecule has 21 heavy (non-hydrogen) atoms. The zero-order chi connectivity index (χ0) is 14.4. The zero-order valence-corrected chi connectivity index (χ0v) is 13.0. The normalized spacial score (nSPS) is 18.7. The molecule has 1 saturated heterocycles. The minimum absolute atomic E-state index is 0. The predicted molar refractivity (Wildman–Crippen MR) is 85.1 cm³/mol. The minimum atomic E-state index is -0.483. The molecule has 6 heteroatoms. The van der Waals surface area contributed by atoms with Gasteiger partial charge in [-0.3, -0.25) is 4.79 Å². The summed E-state index contributed by atoms with van der Waals surface area (Å²) in [4.78, 5) is 12.0. The topological polar surface area (TPSA) is 73.6 Å². The summed E-state index contributed by atoms with van der Waals surface area (Å²) in [5.74, 6) is 0.491. The van der Waals surface area contributed by atoms with Gasteiger partial charge in [0.2, 0.25) is 5.91 Å². The number of nitrogens with two attached hydrogens (primary N) is 1. The van der Waals surface area contributed by atoms with E-state index in [1.807, 2.05) is 31.2 Å². The fraction of sp³-hybridized carbons (Fsp3) is 0.533. The van der Waals surface area contributed by atoms with Gasteiger partial charge in [-0.1, -0.05) is 25.5 Å². The van der Waals surface area contributed by atoms with E-state index in [2.05, 4.69) is 5.32 Å². The second kappa shape index (κ2) is 8.87. The van der Waals surface area contributed by atoms with E-state index < -0.39 is 6.04 Å². The number of para-hydroxylation sites is 2. The highest BCUT2D eigenvalue weighted by atomic mass is 35.5. The second-order valence-electron chi connectivity index (χ2n) is 4.98. The van der Waals surface area contributed by atoms with Gasteiger partial charge in [0.05, 0.1) is 24.9 Å². The van der Waals surface area contributed by atoms with Gasteiger partial charge in [-0.15, -0.1) is 12.4 Å². The molecule has 3 N–H and O–H groups in total. The molecule has 0 saturated carbocycles. The van der Waals surface area contributed by atoms with Crippen LogP contribution in [0.25, 0.3) is 0 Å². The highest BCUT2D eigenvalue weighted by Crippen LogP contribution is 2.26. The van der Waals surface area contributed by atoms with Gasteiger partial charge in [-0.2, -0.15) is 0 Å². The number of anilines is 1. The van der Waals surface area contributed by atoms with Gasteiger partial charge < -0.3 is 20.5 Å². The molecule has 0 aromatic heterocycles. The SMILES string of the molecule is CCCC(N)C(=O)Nc1ccccc1OC1CCOC1.Cl. The van der Waals surface area contributed by atoms with Crippen molar-refractivity contribution in [2.24, 2.45) is 5.73 Å². The summed E-state index contributed by atoms with van der Waals surface area (Å²) in [5, 5.41) is 2.84. The van der Waals surface area contributed by atoms with Crippen LogP contribution in [0.15, 0.2) is 24.3 Å². The van der Waals surface area contributed by atoms with E-state index >= 15 is 0 Å². The quantitative estimate of drug-likeness (QED) is 0.845. The summed E-state index contributed by atoms with van der Waals surface area (Å²) in [6.45, 7) is 3.32. The molecule has 0 radical (unpaired) electrons. The molecule has 1 aliphatic heterocycles. The average Bonchev–Trinajstić information content (AvgIpc) is 2.94. The highest BCUT2D eigenvalue weighted by molar-refractivity contribution is 5.95. The van der Waals surface area contributed by atoms with Crippen LogP contribution in [0.2, 0.25) is 0 Å². The molecule has 0 aliphatic carbocycles. The van der Waals surface area contributed by atoms with Gasteiger partial charge in [-0.25, -0.2) is 0 Å². The van der Waals surface area contributed by atoms with Gasteiger partial charge in [0.15, 0.2) is 0 Å². The Morgan fingerprint density at radius 1 is 1.52 bits per heavy atom. The van der Waals surface area contributed by atoms with Gasteiger partial charge in [0.25, 0.3) is 0 Å². The number of carbonyl (C=O) groups is 1. The molecule has 1 fully saturated rings. The lowest BCUT2D eigenvalue weighted by molar-refractivity contribution is -0.117. The Hall–Kier alpha value is -1.30. The fourth-order valence-corrected chi connectivity index (χ4v) is 2.13. The van der Waals surface area contributed by atoms with E-state index in [1.54, 1.807) is 0 Å². The van der Waals surface area contributed by atoms with E-state index in [4.69, 9.17) is 15.2 Å². The number of amides is 1. The Morgan fingerprint density at radius 3 is 2.95 bits per heavy atom. The van der Waals surface area contributed by atoms with Crippen molar-refractivity contribution >= 4 is 24.0 Å². The highest BCUT2D eigenvalue weighted by Gasteiger charge is 2.20. The van der Waals surface area contributed by atoms with Crippen LogP contribution in [0.1, 0.15) is 26.2 Å². The van der Waals surface area contributed by atoms with Crippen molar-refractivity contribution in [2.45, 2.75) is 38.3 Å². The molecule has 2 rings (SSSR count). The van der Waals surface area contributed by atoms with Crippen molar-refractivity contribution in [3.63, 3.8) is 0 Å². The molecule has 2 unspecified atom stereocenters. The van der Waals surface area contributed by atoms with Crippen LogP contribution >= 0.6 is 12.4 Å². The van der Waals surface area contributed by atoms with Crippen molar-refractivity contribution in [3.8, 4) is 5.75 Å². The molecule has 1 aromatic carbocycles. The molecular formula is C15H23ClN2O3. The Balaban J connectivity index is 0.00000220. The maximum Gasteiger partial charge on any atom is 0.241 e. The van der Waals surface area contributed by atoms with Crippen molar-refractivity contribution in [1.29, 1.82) is 0 Å². The second-order valence-corrected chi connectivity index (χ2v) is 4.98. The summed E-state index contributed by atoms with van der Waals surface area (Å²) in [5.41, 5.74) is 6.48. The Labute approximate surface area is 131 Å². The first kappa shape index (κ1) is 17.8. The van der Waals surface area contributed by atoms with Gasteiger partial charge >= 0.3 is 0 Å². The lowest BCUT2D eigenvalue weighted by Crippen LogP contribution is -2.35. The van der Waals surface area contributed by atoms with Crippen LogP contribution in [0.3, 0.4) is 0 Å². The molecule has 118 valence electrons. The smallest absolute Gasteiger partial charge is 0.241 e. The molecule has 5 nitrogen and oxygen atoms in total.